The molecule has 34 heavy (non-hydrogen) atoms. The van der Waals surface area contributed by atoms with Gasteiger partial charge in [-0.05, 0) is 37.9 Å². The molecule has 0 heterocycles. The Morgan fingerprint density at radius 1 is 0.971 bits per heavy atom. The topological polar surface area (TPSA) is 154 Å². The molecule has 0 saturated heterocycles. The van der Waals surface area contributed by atoms with E-state index in [0.717, 1.165) is 0 Å². The van der Waals surface area contributed by atoms with Crippen molar-refractivity contribution in [1.82, 2.24) is 10.6 Å². The summed E-state index contributed by atoms with van der Waals surface area (Å²) in [5, 5.41) is 4.26. The van der Waals surface area contributed by atoms with Gasteiger partial charge in [0, 0.05) is 0 Å². The SMILES string of the molecule is NCCCC[C@H](NC(N)=O)C(=O)NCC(=O)COC(=O)c1c(C(F)(F)F)cccc1C(F)(F)F. The molecule has 1 aromatic carbocycles. The lowest BCUT2D eigenvalue weighted by Gasteiger charge is -2.18. The van der Waals surface area contributed by atoms with Crippen molar-refractivity contribution >= 4 is 23.7 Å². The van der Waals surface area contributed by atoms with Crippen LogP contribution in [0.4, 0.5) is 31.1 Å². The molecule has 190 valence electrons. The Bertz CT molecular complexity index is 872. The second-order valence-electron chi connectivity index (χ2n) is 6.90. The maximum atomic E-state index is 13.1. The van der Waals surface area contributed by atoms with Crippen molar-refractivity contribution in [3.63, 3.8) is 0 Å². The number of halogens is 6. The first kappa shape index (κ1) is 28.7. The van der Waals surface area contributed by atoms with Gasteiger partial charge < -0.3 is 26.8 Å². The third kappa shape index (κ3) is 8.88. The molecule has 0 spiro atoms. The van der Waals surface area contributed by atoms with Gasteiger partial charge in [-0.1, -0.05) is 6.07 Å². The van der Waals surface area contributed by atoms with Crippen LogP contribution < -0.4 is 22.1 Å². The quantitative estimate of drug-likeness (QED) is 0.206. The van der Waals surface area contributed by atoms with Crippen molar-refractivity contribution < 1.29 is 50.3 Å². The zero-order chi connectivity index (χ0) is 26.1. The number of Topliss-reactive ketones (excluding diaryl/α,β-unsaturated/α-hetero) is 1. The van der Waals surface area contributed by atoms with Crippen LogP contribution in [0.5, 0.6) is 0 Å². The summed E-state index contributed by atoms with van der Waals surface area (Å²) in [5.41, 5.74) is 4.75. The number of ketones is 1. The minimum atomic E-state index is -5.31. The van der Waals surface area contributed by atoms with E-state index in [4.69, 9.17) is 11.5 Å². The molecule has 0 bridgehead atoms. The fourth-order valence-electron chi connectivity index (χ4n) is 2.76. The molecular weight excluding hydrogens is 478 g/mol. The molecule has 1 atom stereocenters. The number of ether oxygens (including phenoxy) is 1. The van der Waals surface area contributed by atoms with Crippen molar-refractivity contribution in [1.29, 1.82) is 0 Å². The maximum Gasteiger partial charge on any atom is 0.417 e. The molecule has 0 radical (unpaired) electrons. The third-order valence-corrected chi connectivity index (χ3v) is 4.28. The van der Waals surface area contributed by atoms with Crippen LogP contribution in [-0.2, 0) is 26.7 Å². The van der Waals surface area contributed by atoms with Crippen LogP contribution in [0.15, 0.2) is 18.2 Å². The van der Waals surface area contributed by atoms with Gasteiger partial charge >= 0.3 is 24.4 Å². The molecule has 0 aliphatic rings. The Hall–Kier alpha value is -3.36. The van der Waals surface area contributed by atoms with Crippen molar-refractivity contribution in [2.75, 3.05) is 19.7 Å². The predicted molar refractivity (Wildman–Crippen MR) is 104 cm³/mol. The summed E-state index contributed by atoms with van der Waals surface area (Å²) in [6.07, 6.45) is -9.53. The number of primary amides is 1. The zero-order valence-electron chi connectivity index (χ0n) is 17.5. The van der Waals surface area contributed by atoms with Gasteiger partial charge in [0.1, 0.15) is 6.04 Å². The largest absolute Gasteiger partial charge is 0.454 e. The minimum Gasteiger partial charge on any atom is -0.454 e. The molecule has 3 amide bonds. The van der Waals surface area contributed by atoms with E-state index in [1.54, 1.807) is 0 Å². The summed E-state index contributed by atoms with van der Waals surface area (Å²) in [6.45, 7) is -1.68. The summed E-state index contributed by atoms with van der Waals surface area (Å²) in [4.78, 5) is 47.1. The van der Waals surface area contributed by atoms with E-state index < -0.39 is 71.9 Å². The molecule has 15 heteroatoms. The Morgan fingerprint density at radius 2 is 1.53 bits per heavy atom. The summed E-state index contributed by atoms with van der Waals surface area (Å²) in [6, 6.07) is -1.12. The van der Waals surface area contributed by atoms with Crippen LogP contribution >= 0.6 is 0 Å². The molecule has 0 saturated carbocycles. The fourth-order valence-corrected chi connectivity index (χ4v) is 2.76. The van der Waals surface area contributed by atoms with E-state index in [1.807, 2.05) is 0 Å². The molecule has 0 unspecified atom stereocenters. The number of nitrogens with two attached hydrogens (primary N) is 2. The first-order valence-corrected chi connectivity index (χ1v) is 9.68. The smallest absolute Gasteiger partial charge is 0.417 e. The van der Waals surface area contributed by atoms with E-state index in [-0.39, 0.29) is 18.6 Å². The highest BCUT2D eigenvalue weighted by Crippen LogP contribution is 2.39. The van der Waals surface area contributed by atoms with E-state index in [2.05, 4.69) is 15.4 Å². The first-order valence-electron chi connectivity index (χ1n) is 9.68. The zero-order valence-corrected chi connectivity index (χ0v) is 17.5. The Balaban J connectivity index is 2.84. The highest BCUT2D eigenvalue weighted by Gasteiger charge is 2.43. The number of alkyl halides is 6. The second-order valence-corrected chi connectivity index (χ2v) is 6.90. The Labute approximate surface area is 189 Å². The molecule has 0 aromatic heterocycles. The molecule has 1 aromatic rings. The highest BCUT2D eigenvalue weighted by atomic mass is 19.4. The first-order chi connectivity index (χ1) is 15.7. The summed E-state index contributed by atoms with van der Waals surface area (Å²) in [5.74, 6) is -3.90. The van der Waals surface area contributed by atoms with E-state index in [1.165, 1.54) is 0 Å². The number of hydrogen-bond acceptors (Lipinski definition) is 6. The summed E-state index contributed by atoms with van der Waals surface area (Å²) >= 11 is 0. The summed E-state index contributed by atoms with van der Waals surface area (Å²) in [7, 11) is 0. The van der Waals surface area contributed by atoms with Gasteiger partial charge in [0.2, 0.25) is 5.91 Å². The van der Waals surface area contributed by atoms with Gasteiger partial charge in [0.05, 0.1) is 23.2 Å². The molecule has 1 rings (SSSR count). The molecule has 0 aliphatic carbocycles. The molecule has 6 N–H and O–H groups in total. The van der Waals surface area contributed by atoms with Gasteiger partial charge in [-0.15, -0.1) is 0 Å². The van der Waals surface area contributed by atoms with Crippen molar-refractivity contribution in [2.45, 2.75) is 37.7 Å². The van der Waals surface area contributed by atoms with Gasteiger partial charge in [-0.3, -0.25) is 9.59 Å². The van der Waals surface area contributed by atoms with Crippen LogP contribution in [0.2, 0.25) is 0 Å². The van der Waals surface area contributed by atoms with Crippen LogP contribution in [0.3, 0.4) is 0 Å². The van der Waals surface area contributed by atoms with E-state index in [0.29, 0.717) is 25.5 Å². The number of amides is 3. The van der Waals surface area contributed by atoms with Gasteiger partial charge in [0.15, 0.2) is 12.4 Å². The van der Waals surface area contributed by atoms with E-state index >= 15 is 0 Å². The van der Waals surface area contributed by atoms with Gasteiger partial charge in [0.25, 0.3) is 0 Å². The van der Waals surface area contributed by atoms with Gasteiger partial charge in [-0.25, -0.2) is 9.59 Å². The van der Waals surface area contributed by atoms with Crippen LogP contribution in [0.25, 0.3) is 0 Å². The number of unbranched alkanes of at least 4 members (excludes halogenated alkanes) is 1. The standard InChI is InChI=1S/C19H22F6N4O5/c20-18(21,22)11-4-3-5-12(19(23,24)25)14(11)16(32)34-9-10(30)8-28-15(31)13(29-17(27)33)6-1-2-7-26/h3-5,13H,1-2,6-9,26H2,(H,28,31)(H3,27,29,33)/t13-/m0/s1. The van der Waals surface area contributed by atoms with Gasteiger partial charge in [-0.2, -0.15) is 26.3 Å². The average Bonchev–Trinajstić information content (AvgIpc) is 2.73. The molecule has 9 nitrogen and oxygen atoms in total. The van der Waals surface area contributed by atoms with Crippen LogP contribution in [0, 0.1) is 0 Å². The normalized spacial score (nSPS) is 12.6. The molecular formula is C19H22F6N4O5. The number of urea groups is 1. The second kappa shape index (κ2) is 12.2. The van der Waals surface area contributed by atoms with Crippen molar-refractivity contribution in [3.05, 3.63) is 34.9 Å². The Kier molecular flexibility index (Phi) is 10.3. The lowest BCUT2D eigenvalue weighted by atomic mass is 10.00. The number of carbonyl (C=O) groups excluding carboxylic acids is 4. The lowest BCUT2D eigenvalue weighted by Crippen LogP contribution is -2.49. The average molecular weight is 500 g/mol. The fraction of sp³-hybridized carbons (Fsp3) is 0.474. The van der Waals surface area contributed by atoms with Crippen LogP contribution in [-0.4, -0.2) is 49.4 Å². The molecule has 0 aliphatic heterocycles. The predicted octanol–water partition coefficient (Wildman–Crippen LogP) is 1.73. The number of hydrogen-bond donors (Lipinski definition) is 4. The third-order valence-electron chi connectivity index (χ3n) is 4.28. The van der Waals surface area contributed by atoms with E-state index in [9.17, 15) is 45.5 Å². The monoisotopic (exact) mass is 500 g/mol. The summed E-state index contributed by atoms with van der Waals surface area (Å²) < 4.78 is 83.1. The number of esters is 1. The van der Waals surface area contributed by atoms with Crippen LogP contribution in [0.1, 0.15) is 40.7 Å². The maximum absolute atomic E-state index is 13.1. The Morgan fingerprint density at radius 3 is 2.00 bits per heavy atom. The highest BCUT2D eigenvalue weighted by molar-refractivity contribution is 5.96. The minimum absolute atomic E-state index is 0.129. The number of nitrogens with one attached hydrogen (secondary N) is 2. The van der Waals surface area contributed by atoms with Crippen molar-refractivity contribution in [3.8, 4) is 0 Å². The lowest BCUT2D eigenvalue weighted by molar-refractivity contribution is -0.144. The number of rotatable bonds is 11. The molecule has 0 fully saturated rings. The van der Waals surface area contributed by atoms with Crippen molar-refractivity contribution in [2.24, 2.45) is 11.5 Å². The number of carbonyl (C=O) groups is 4. The number of benzene rings is 1.